The third-order valence-corrected chi connectivity index (χ3v) is 3.77. The molecule has 2 nitrogen and oxygen atoms in total. The van der Waals surface area contributed by atoms with E-state index in [2.05, 4.69) is 39.9 Å². The zero-order valence-corrected chi connectivity index (χ0v) is 11.0. The molecule has 2 rings (SSSR count). The molecule has 3 heteroatoms. The smallest absolute Gasteiger partial charge is 0.0995 e. The molecule has 0 spiro atoms. The molecule has 0 amide bonds. The Labute approximate surface area is 105 Å². The van der Waals surface area contributed by atoms with Gasteiger partial charge in [-0.25, -0.2) is 0 Å². The van der Waals surface area contributed by atoms with E-state index < -0.39 is 0 Å². The van der Waals surface area contributed by atoms with Gasteiger partial charge in [0, 0.05) is 10.5 Å². The van der Waals surface area contributed by atoms with Crippen LogP contribution in [0.1, 0.15) is 36.9 Å². The van der Waals surface area contributed by atoms with Gasteiger partial charge in [0.2, 0.25) is 0 Å². The summed E-state index contributed by atoms with van der Waals surface area (Å²) in [5.74, 6) is 0. The number of nitrogens with zero attached hydrogens (tertiary/aromatic N) is 2. The van der Waals surface area contributed by atoms with Crippen LogP contribution in [0.5, 0.6) is 0 Å². The summed E-state index contributed by atoms with van der Waals surface area (Å²) in [5, 5.41) is 9.15. The van der Waals surface area contributed by atoms with Gasteiger partial charge < -0.3 is 0 Å². The zero-order valence-electron chi connectivity index (χ0n) is 9.41. The first-order valence-electron chi connectivity index (χ1n) is 5.66. The largest absolute Gasteiger partial charge is 0.297 e. The average molecular weight is 279 g/mol. The number of hydrogen-bond donors (Lipinski definition) is 0. The van der Waals surface area contributed by atoms with Crippen molar-refractivity contribution in [3.63, 3.8) is 0 Å². The Bertz CT molecular complexity index is 416. The van der Waals surface area contributed by atoms with Crippen LogP contribution in [0.4, 0.5) is 0 Å². The van der Waals surface area contributed by atoms with Crippen LogP contribution in [0.15, 0.2) is 22.7 Å². The molecule has 0 bridgehead atoms. The monoisotopic (exact) mass is 278 g/mol. The summed E-state index contributed by atoms with van der Waals surface area (Å²) in [6.07, 6.45) is 2.56. The third kappa shape index (κ3) is 2.28. The maximum absolute atomic E-state index is 9.15. The summed E-state index contributed by atoms with van der Waals surface area (Å²) in [7, 11) is 0. The number of likely N-dealkylation sites (tertiary alicyclic amines) is 1. The van der Waals surface area contributed by atoms with E-state index in [1.807, 2.05) is 12.1 Å². The topological polar surface area (TPSA) is 27.0 Å². The van der Waals surface area contributed by atoms with E-state index in [1.165, 1.54) is 12.8 Å². The van der Waals surface area contributed by atoms with Crippen molar-refractivity contribution >= 4 is 15.9 Å². The van der Waals surface area contributed by atoms with Gasteiger partial charge in [0.25, 0.3) is 0 Å². The minimum absolute atomic E-state index is 0.352. The molecule has 0 aliphatic carbocycles. The Morgan fingerprint density at radius 2 is 2.06 bits per heavy atom. The first kappa shape index (κ1) is 11.6. The second-order valence-electron chi connectivity index (χ2n) is 4.26. The molecule has 0 aromatic heterocycles. The summed E-state index contributed by atoms with van der Waals surface area (Å²) < 4.78 is 0.974. The van der Waals surface area contributed by atoms with Crippen molar-refractivity contribution in [3.05, 3.63) is 33.8 Å². The fourth-order valence-corrected chi connectivity index (χ4v) is 2.68. The number of nitriles is 1. The van der Waals surface area contributed by atoms with Crippen molar-refractivity contribution in [2.75, 3.05) is 13.1 Å². The Kier molecular flexibility index (Phi) is 3.63. The standard InChI is InChI=1S/C13H15BrN2/c1-10(16-6-2-3-7-16)13-5-4-12(14)8-11(13)9-15/h4-5,8,10H,2-3,6-7H2,1H3. The van der Waals surface area contributed by atoms with Gasteiger partial charge in [-0.15, -0.1) is 0 Å². The molecule has 1 aliphatic heterocycles. The van der Waals surface area contributed by atoms with Gasteiger partial charge in [0.1, 0.15) is 0 Å². The van der Waals surface area contributed by atoms with E-state index in [-0.39, 0.29) is 0 Å². The summed E-state index contributed by atoms with van der Waals surface area (Å²) >= 11 is 3.41. The van der Waals surface area contributed by atoms with Crippen LogP contribution < -0.4 is 0 Å². The molecule has 1 unspecified atom stereocenters. The maximum Gasteiger partial charge on any atom is 0.0995 e. The molecule has 16 heavy (non-hydrogen) atoms. The number of halogens is 1. The van der Waals surface area contributed by atoms with Crippen molar-refractivity contribution in [2.24, 2.45) is 0 Å². The van der Waals surface area contributed by atoms with Crippen LogP contribution >= 0.6 is 15.9 Å². The second kappa shape index (κ2) is 4.99. The van der Waals surface area contributed by atoms with Crippen LogP contribution in [0, 0.1) is 11.3 Å². The lowest BCUT2D eigenvalue weighted by Gasteiger charge is -2.24. The molecule has 0 N–H and O–H groups in total. The normalized spacial score (nSPS) is 18.3. The molecule has 0 saturated carbocycles. The minimum Gasteiger partial charge on any atom is -0.297 e. The van der Waals surface area contributed by atoms with E-state index >= 15 is 0 Å². The molecule has 1 saturated heterocycles. The van der Waals surface area contributed by atoms with Gasteiger partial charge in [-0.3, -0.25) is 4.90 Å². The van der Waals surface area contributed by atoms with Crippen LogP contribution in [0.3, 0.4) is 0 Å². The van der Waals surface area contributed by atoms with Crippen LogP contribution in [0.25, 0.3) is 0 Å². The van der Waals surface area contributed by atoms with Gasteiger partial charge in [0.15, 0.2) is 0 Å². The van der Waals surface area contributed by atoms with E-state index in [0.717, 1.165) is 28.7 Å². The molecule has 1 atom stereocenters. The molecular formula is C13H15BrN2. The van der Waals surface area contributed by atoms with Crippen LogP contribution in [0.2, 0.25) is 0 Å². The Morgan fingerprint density at radius 1 is 1.38 bits per heavy atom. The summed E-state index contributed by atoms with van der Waals surface area (Å²) in [6, 6.07) is 8.62. The zero-order chi connectivity index (χ0) is 11.5. The SMILES string of the molecule is CC(c1ccc(Br)cc1C#N)N1CCCC1. The predicted octanol–water partition coefficient (Wildman–Crippen LogP) is 3.48. The Balaban J connectivity index is 2.28. The number of hydrogen-bond acceptors (Lipinski definition) is 2. The molecule has 1 fully saturated rings. The third-order valence-electron chi connectivity index (χ3n) is 3.27. The van der Waals surface area contributed by atoms with E-state index in [0.29, 0.717) is 6.04 Å². The van der Waals surface area contributed by atoms with Gasteiger partial charge in [-0.05, 0) is 50.6 Å². The van der Waals surface area contributed by atoms with Gasteiger partial charge in [0.05, 0.1) is 11.6 Å². The molecule has 0 radical (unpaired) electrons. The van der Waals surface area contributed by atoms with Gasteiger partial charge >= 0.3 is 0 Å². The van der Waals surface area contributed by atoms with Gasteiger partial charge in [-0.1, -0.05) is 22.0 Å². The van der Waals surface area contributed by atoms with Gasteiger partial charge in [-0.2, -0.15) is 5.26 Å². The minimum atomic E-state index is 0.352. The Morgan fingerprint density at radius 3 is 2.69 bits per heavy atom. The van der Waals surface area contributed by atoms with Crippen LogP contribution in [-0.2, 0) is 0 Å². The molecule has 84 valence electrons. The second-order valence-corrected chi connectivity index (χ2v) is 5.18. The molecule has 1 aromatic carbocycles. The van der Waals surface area contributed by atoms with E-state index in [1.54, 1.807) is 0 Å². The Hall–Kier alpha value is -0.850. The van der Waals surface area contributed by atoms with Crippen molar-refractivity contribution < 1.29 is 0 Å². The first-order valence-corrected chi connectivity index (χ1v) is 6.45. The maximum atomic E-state index is 9.15. The quantitative estimate of drug-likeness (QED) is 0.828. The van der Waals surface area contributed by atoms with Crippen molar-refractivity contribution in [2.45, 2.75) is 25.8 Å². The summed E-state index contributed by atoms with van der Waals surface area (Å²) in [4.78, 5) is 2.45. The van der Waals surface area contributed by atoms with Crippen molar-refractivity contribution in [1.29, 1.82) is 5.26 Å². The van der Waals surface area contributed by atoms with Crippen LogP contribution in [-0.4, -0.2) is 18.0 Å². The van der Waals surface area contributed by atoms with E-state index in [4.69, 9.17) is 5.26 Å². The summed E-state index contributed by atoms with van der Waals surface area (Å²) in [6.45, 7) is 4.50. The molecule has 1 aromatic rings. The first-order chi connectivity index (χ1) is 7.72. The number of rotatable bonds is 2. The molecule has 1 heterocycles. The lowest BCUT2D eigenvalue weighted by molar-refractivity contribution is 0.263. The highest BCUT2D eigenvalue weighted by Crippen LogP contribution is 2.28. The highest BCUT2D eigenvalue weighted by Gasteiger charge is 2.21. The predicted molar refractivity (Wildman–Crippen MR) is 68.1 cm³/mol. The average Bonchev–Trinajstić information content (AvgIpc) is 2.81. The summed E-state index contributed by atoms with van der Waals surface area (Å²) in [5.41, 5.74) is 1.93. The number of benzene rings is 1. The lowest BCUT2D eigenvalue weighted by atomic mass is 10.0. The lowest BCUT2D eigenvalue weighted by Crippen LogP contribution is -2.23. The van der Waals surface area contributed by atoms with Crippen molar-refractivity contribution in [1.82, 2.24) is 4.90 Å². The van der Waals surface area contributed by atoms with E-state index in [9.17, 15) is 0 Å². The fraction of sp³-hybridized carbons (Fsp3) is 0.462. The molecular weight excluding hydrogens is 264 g/mol. The highest BCUT2D eigenvalue weighted by molar-refractivity contribution is 9.10. The molecule has 1 aliphatic rings. The highest BCUT2D eigenvalue weighted by atomic mass is 79.9. The van der Waals surface area contributed by atoms with Crippen molar-refractivity contribution in [3.8, 4) is 6.07 Å². The fourth-order valence-electron chi connectivity index (χ4n) is 2.32.